The first-order valence-electron chi connectivity index (χ1n) is 3.02. The molecule has 0 aliphatic heterocycles. The monoisotopic (exact) mass is 117 g/mol. The number of hydrogen-bond acceptors (Lipinski definition) is 2. The largest absolute Gasteiger partial charge is 0.376 e. The third-order valence-corrected chi connectivity index (χ3v) is 1.57. The molecule has 1 atom stereocenters. The predicted octanol–water partition coefficient (Wildman–Crippen LogP) is 0.700. The maximum Gasteiger partial charge on any atom is 0.115 e. The first kappa shape index (κ1) is 7.92. The first-order valence-corrected chi connectivity index (χ1v) is 3.02. The summed E-state index contributed by atoms with van der Waals surface area (Å²) in [7, 11) is 0. The highest BCUT2D eigenvalue weighted by Gasteiger charge is 2.21. The summed E-state index contributed by atoms with van der Waals surface area (Å²) in [6.07, 6.45) is 0.616. The zero-order valence-electron chi connectivity index (χ0n) is 5.81. The van der Waals surface area contributed by atoms with Crippen molar-refractivity contribution in [1.82, 2.24) is 0 Å². The van der Waals surface area contributed by atoms with Crippen LogP contribution < -0.4 is 5.73 Å². The van der Waals surface area contributed by atoms with E-state index in [1.54, 1.807) is 0 Å². The van der Waals surface area contributed by atoms with Crippen LogP contribution in [0.5, 0.6) is 0 Å². The van der Waals surface area contributed by atoms with Crippen LogP contribution in [0.2, 0.25) is 0 Å². The van der Waals surface area contributed by atoms with E-state index in [-0.39, 0.29) is 5.92 Å². The second kappa shape index (κ2) is 2.46. The molecule has 0 aromatic carbocycles. The molecule has 0 aromatic heterocycles. The number of hydrogen-bond donors (Lipinski definition) is 2. The molecule has 8 heavy (non-hydrogen) atoms. The van der Waals surface area contributed by atoms with Crippen molar-refractivity contribution in [1.29, 1.82) is 0 Å². The van der Waals surface area contributed by atoms with Gasteiger partial charge in [-0.1, -0.05) is 20.8 Å². The second-order valence-corrected chi connectivity index (χ2v) is 2.50. The number of nitrogens with two attached hydrogens (primary N) is 1. The molecule has 0 amide bonds. The van der Waals surface area contributed by atoms with Crippen molar-refractivity contribution in [2.75, 3.05) is 0 Å². The summed E-state index contributed by atoms with van der Waals surface area (Å²) >= 11 is 0. The zero-order valence-corrected chi connectivity index (χ0v) is 5.81. The maximum absolute atomic E-state index is 9.18. The molecule has 0 bridgehead atoms. The van der Waals surface area contributed by atoms with Gasteiger partial charge in [0.1, 0.15) is 5.72 Å². The molecule has 0 saturated carbocycles. The van der Waals surface area contributed by atoms with Crippen LogP contribution in [-0.2, 0) is 0 Å². The van der Waals surface area contributed by atoms with E-state index in [9.17, 15) is 5.11 Å². The van der Waals surface area contributed by atoms with Gasteiger partial charge in [-0.15, -0.1) is 0 Å². The highest BCUT2D eigenvalue weighted by atomic mass is 16.3. The highest BCUT2D eigenvalue weighted by Crippen LogP contribution is 2.12. The van der Waals surface area contributed by atoms with Gasteiger partial charge in [0.05, 0.1) is 0 Å². The minimum atomic E-state index is -0.958. The Morgan fingerprint density at radius 3 is 2.00 bits per heavy atom. The number of rotatable bonds is 2. The molecule has 1 unspecified atom stereocenters. The van der Waals surface area contributed by atoms with E-state index in [4.69, 9.17) is 5.73 Å². The fourth-order valence-corrected chi connectivity index (χ4v) is 0.408. The lowest BCUT2D eigenvalue weighted by Gasteiger charge is -2.25. The molecule has 0 aliphatic rings. The molecular weight excluding hydrogens is 102 g/mol. The van der Waals surface area contributed by atoms with Crippen LogP contribution >= 0.6 is 0 Å². The van der Waals surface area contributed by atoms with Gasteiger partial charge >= 0.3 is 0 Å². The summed E-state index contributed by atoms with van der Waals surface area (Å²) in [5.41, 5.74) is 4.46. The Kier molecular flexibility index (Phi) is 2.44. The smallest absolute Gasteiger partial charge is 0.115 e. The molecule has 50 valence electrons. The van der Waals surface area contributed by atoms with Crippen molar-refractivity contribution < 1.29 is 5.11 Å². The minimum absolute atomic E-state index is 0.146. The Balaban J connectivity index is 3.71. The lowest BCUT2D eigenvalue weighted by molar-refractivity contribution is -0.00247. The normalized spacial score (nSPS) is 18.8. The van der Waals surface area contributed by atoms with Gasteiger partial charge in [-0.3, -0.25) is 0 Å². The van der Waals surface area contributed by atoms with E-state index < -0.39 is 5.72 Å². The molecule has 0 radical (unpaired) electrons. The van der Waals surface area contributed by atoms with Crippen LogP contribution in [0.15, 0.2) is 0 Å². The van der Waals surface area contributed by atoms with Gasteiger partial charge in [0.2, 0.25) is 0 Å². The molecule has 2 heteroatoms. The van der Waals surface area contributed by atoms with E-state index in [1.165, 1.54) is 0 Å². The fourth-order valence-electron chi connectivity index (χ4n) is 0.408. The minimum Gasteiger partial charge on any atom is -0.376 e. The van der Waals surface area contributed by atoms with Crippen LogP contribution in [0.1, 0.15) is 27.2 Å². The van der Waals surface area contributed by atoms with Crippen LogP contribution in [0.3, 0.4) is 0 Å². The van der Waals surface area contributed by atoms with Crippen LogP contribution in [0, 0.1) is 5.92 Å². The standard InChI is InChI=1S/C6H15NO/c1-4-6(7,8)5(2)3/h5,8H,4,7H2,1-3H3. The van der Waals surface area contributed by atoms with Crippen molar-refractivity contribution in [3.05, 3.63) is 0 Å². The van der Waals surface area contributed by atoms with Crippen molar-refractivity contribution in [3.8, 4) is 0 Å². The molecule has 0 aliphatic carbocycles. The van der Waals surface area contributed by atoms with E-state index in [0.29, 0.717) is 6.42 Å². The van der Waals surface area contributed by atoms with Crippen molar-refractivity contribution in [3.63, 3.8) is 0 Å². The maximum atomic E-state index is 9.18. The van der Waals surface area contributed by atoms with Crippen molar-refractivity contribution in [2.45, 2.75) is 32.9 Å². The molecule has 0 heterocycles. The SMILES string of the molecule is CCC(N)(O)C(C)C. The van der Waals surface area contributed by atoms with Gasteiger partial charge in [0.15, 0.2) is 0 Å². The Hall–Kier alpha value is -0.0800. The Morgan fingerprint density at radius 1 is 1.62 bits per heavy atom. The summed E-state index contributed by atoms with van der Waals surface area (Å²) < 4.78 is 0. The van der Waals surface area contributed by atoms with Gasteiger partial charge in [-0.2, -0.15) is 0 Å². The average molecular weight is 117 g/mol. The van der Waals surface area contributed by atoms with Crippen LogP contribution in [0.4, 0.5) is 0 Å². The second-order valence-electron chi connectivity index (χ2n) is 2.50. The molecule has 3 N–H and O–H groups in total. The molecule has 2 nitrogen and oxygen atoms in total. The molecular formula is C6H15NO. The molecule has 0 saturated heterocycles. The number of aliphatic hydroxyl groups is 1. The lowest BCUT2D eigenvalue weighted by Crippen LogP contribution is -2.43. The lowest BCUT2D eigenvalue weighted by atomic mass is 9.98. The Morgan fingerprint density at radius 2 is 2.00 bits per heavy atom. The third kappa shape index (κ3) is 1.80. The summed E-state index contributed by atoms with van der Waals surface area (Å²) in [6.45, 7) is 5.69. The van der Waals surface area contributed by atoms with E-state index >= 15 is 0 Å². The van der Waals surface area contributed by atoms with Crippen LogP contribution in [0.25, 0.3) is 0 Å². The van der Waals surface area contributed by atoms with Crippen molar-refractivity contribution >= 4 is 0 Å². The fraction of sp³-hybridized carbons (Fsp3) is 1.00. The van der Waals surface area contributed by atoms with Gasteiger partial charge in [0, 0.05) is 0 Å². The highest BCUT2D eigenvalue weighted by molar-refractivity contribution is 4.71. The third-order valence-electron chi connectivity index (χ3n) is 1.57. The molecule has 0 aromatic rings. The zero-order chi connectivity index (χ0) is 6.78. The summed E-state index contributed by atoms with van der Waals surface area (Å²) in [5, 5.41) is 9.18. The van der Waals surface area contributed by atoms with Crippen LogP contribution in [-0.4, -0.2) is 10.8 Å². The quantitative estimate of drug-likeness (QED) is 0.523. The van der Waals surface area contributed by atoms with Gasteiger partial charge in [0.25, 0.3) is 0 Å². The topological polar surface area (TPSA) is 46.2 Å². The predicted molar refractivity (Wildman–Crippen MR) is 34.3 cm³/mol. The van der Waals surface area contributed by atoms with Gasteiger partial charge < -0.3 is 10.8 Å². The van der Waals surface area contributed by atoms with E-state index in [1.807, 2.05) is 20.8 Å². The summed E-state index contributed by atoms with van der Waals surface area (Å²) in [6, 6.07) is 0. The Bertz CT molecular complexity index is 68.9. The van der Waals surface area contributed by atoms with Crippen molar-refractivity contribution in [2.24, 2.45) is 11.7 Å². The summed E-state index contributed by atoms with van der Waals surface area (Å²) in [4.78, 5) is 0. The van der Waals surface area contributed by atoms with Gasteiger partial charge in [-0.25, -0.2) is 0 Å². The molecule has 0 rings (SSSR count). The van der Waals surface area contributed by atoms with E-state index in [2.05, 4.69) is 0 Å². The van der Waals surface area contributed by atoms with E-state index in [0.717, 1.165) is 0 Å². The Labute approximate surface area is 50.7 Å². The average Bonchev–Trinajstić information content (AvgIpc) is 1.67. The molecule has 0 spiro atoms. The molecule has 0 fully saturated rings. The van der Waals surface area contributed by atoms with Gasteiger partial charge in [-0.05, 0) is 12.3 Å². The first-order chi connectivity index (χ1) is 3.50. The summed E-state index contributed by atoms with van der Waals surface area (Å²) in [5.74, 6) is 0.146.